The molecule has 0 unspecified atom stereocenters. The summed E-state index contributed by atoms with van der Waals surface area (Å²) in [6, 6.07) is 27.8. The largest absolute Gasteiger partial charge is 0.342 e. The van der Waals surface area contributed by atoms with Gasteiger partial charge < -0.3 is 4.98 Å². The van der Waals surface area contributed by atoms with Gasteiger partial charge in [0.2, 0.25) is 0 Å². The van der Waals surface area contributed by atoms with E-state index in [-0.39, 0.29) is 0 Å². The van der Waals surface area contributed by atoms with E-state index in [9.17, 15) is 0 Å². The summed E-state index contributed by atoms with van der Waals surface area (Å²) < 4.78 is 0. The standard InChI is InChI=1S/C26H25N3/c1-19-22(21-11-6-3-7-12-21)13-8-14-23(19)26-27-24-15-16-29(18-25(24)28-26)17-20-9-4-2-5-10-20/h2-14H,15-18H2,1H3,(H,27,28). The summed E-state index contributed by atoms with van der Waals surface area (Å²) in [6.07, 6.45) is 1.02. The van der Waals surface area contributed by atoms with E-state index in [0.717, 1.165) is 31.9 Å². The normalized spacial score (nSPS) is 14.0. The lowest BCUT2D eigenvalue weighted by atomic mass is 9.96. The van der Waals surface area contributed by atoms with Gasteiger partial charge in [0.15, 0.2) is 0 Å². The first-order valence-electron chi connectivity index (χ1n) is 10.3. The second kappa shape index (κ2) is 7.69. The summed E-state index contributed by atoms with van der Waals surface area (Å²) in [5, 5.41) is 0. The van der Waals surface area contributed by atoms with Crippen LogP contribution in [-0.4, -0.2) is 21.4 Å². The van der Waals surface area contributed by atoms with Crippen LogP contribution in [0.4, 0.5) is 0 Å². The molecular weight excluding hydrogens is 354 g/mol. The predicted octanol–water partition coefficient (Wildman–Crippen LogP) is 5.61. The number of rotatable bonds is 4. The fourth-order valence-corrected chi connectivity index (χ4v) is 4.27. The molecule has 1 N–H and O–H groups in total. The SMILES string of the molecule is Cc1c(-c2ccccc2)cccc1-c1nc2c([nH]1)CCN(Cc1ccccc1)C2. The van der Waals surface area contributed by atoms with Crippen LogP contribution in [-0.2, 0) is 19.5 Å². The molecule has 0 atom stereocenters. The number of hydrogen-bond donors (Lipinski definition) is 1. The van der Waals surface area contributed by atoms with E-state index in [0.29, 0.717) is 0 Å². The monoisotopic (exact) mass is 379 g/mol. The number of fused-ring (bicyclic) bond motifs is 1. The first kappa shape index (κ1) is 17.9. The van der Waals surface area contributed by atoms with E-state index in [4.69, 9.17) is 4.98 Å². The van der Waals surface area contributed by atoms with Crippen molar-refractivity contribution < 1.29 is 0 Å². The van der Waals surface area contributed by atoms with Gasteiger partial charge in [-0.15, -0.1) is 0 Å². The van der Waals surface area contributed by atoms with E-state index in [1.807, 2.05) is 0 Å². The van der Waals surface area contributed by atoms with Crippen LogP contribution in [0.3, 0.4) is 0 Å². The van der Waals surface area contributed by atoms with Crippen molar-refractivity contribution in [3.05, 3.63) is 101 Å². The molecule has 3 heteroatoms. The lowest BCUT2D eigenvalue weighted by Gasteiger charge is -2.25. The average molecular weight is 380 g/mol. The van der Waals surface area contributed by atoms with Crippen LogP contribution in [0.5, 0.6) is 0 Å². The minimum atomic E-state index is 0.901. The van der Waals surface area contributed by atoms with Crippen LogP contribution >= 0.6 is 0 Å². The Morgan fingerprint density at radius 3 is 2.38 bits per heavy atom. The predicted molar refractivity (Wildman–Crippen MR) is 118 cm³/mol. The lowest BCUT2D eigenvalue weighted by Crippen LogP contribution is -2.30. The van der Waals surface area contributed by atoms with Gasteiger partial charge in [-0.05, 0) is 29.2 Å². The topological polar surface area (TPSA) is 31.9 Å². The minimum absolute atomic E-state index is 0.901. The van der Waals surface area contributed by atoms with E-state index in [1.165, 1.54) is 39.2 Å². The molecule has 4 aromatic rings. The third-order valence-electron chi connectivity index (χ3n) is 5.84. The molecule has 0 bridgehead atoms. The van der Waals surface area contributed by atoms with Gasteiger partial charge in [-0.1, -0.05) is 78.9 Å². The lowest BCUT2D eigenvalue weighted by molar-refractivity contribution is 0.241. The quantitative estimate of drug-likeness (QED) is 0.500. The Balaban J connectivity index is 1.42. The minimum Gasteiger partial charge on any atom is -0.342 e. The zero-order valence-electron chi connectivity index (χ0n) is 16.7. The van der Waals surface area contributed by atoms with Crippen molar-refractivity contribution >= 4 is 0 Å². The fraction of sp³-hybridized carbons (Fsp3) is 0.192. The molecule has 0 radical (unpaired) electrons. The molecule has 0 saturated heterocycles. The number of aromatic nitrogens is 2. The van der Waals surface area contributed by atoms with Crippen LogP contribution in [0, 0.1) is 6.92 Å². The summed E-state index contributed by atoms with van der Waals surface area (Å²) in [7, 11) is 0. The van der Waals surface area contributed by atoms with Crippen molar-refractivity contribution in [3.63, 3.8) is 0 Å². The van der Waals surface area contributed by atoms with Gasteiger partial charge >= 0.3 is 0 Å². The van der Waals surface area contributed by atoms with Gasteiger partial charge in [0.05, 0.1) is 5.69 Å². The number of hydrogen-bond acceptors (Lipinski definition) is 2. The molecule has 2 heterocycles. The molecule has 3 nitrogen and oxygen atoms in total. The number of imidazole rings is 1. The van der Waals surface area contributed by atoms with Gasteiger partial charge in [-0.2, -0.15) is 0 Å². The smallest absolute Gasteiger partial charge is 0.138 e. The first-order valence-corrected chi connectivity index (χ1v) is 10.3. The second-order valence-electron chi connectivity index (χ2n) is 7.80. The van der Waals surface area contributed by atoms with Gasteiger partial charge in [0.25, 0.3) is 0 Å². The molecule has 0 saturated carbocycles. The van der Waals surface area contributed by atoms with E-state index in [2.05, 4.69) is 95.7 Å². The maximum atomic E-state index is 5.01. The Kier molecular flexibility index (Phi) is 4.74. The molecule has 0 aliphatic carbocycles. The molecule has 1 aliphatic rings. The molecule has 3 aromatic carbocycles. The van der Waals surface area contributed by atoms with Crippen molar-refractivity contribution in [2.75, 3.05) is 6.54 Å². The van der Waals surface area contributed by atoms with Crippen LogP contribution in [0.15, 0.2) is 78.9 Å². The zero-order valence-corrected chi connectivity index (χ0v) is 16.7. The van der Waals surface area contributed by atoms with E-state index in [1.54, 1.807) is 0 Å². The highest BCUT2D eigenvalue weighted by Crippen LogP contribution is 2.31. The highest BCUT2D eigenvalue weighted by Gasteiger charge is 2.21. The zero-order chi connectivity index (χ0) is 19.6. The van der Waals surface area contributed by atoms with E-state index >= 15 is 0 Å². The highest BCUT2D eigenvalue weighted by atomic mass is 15.2. The molecule has 5 rings (SSSR count). The van der Waals surface area contributed by atoms with Crippen molar-refractivity contribution in [1.82, 2.24) is 14.9 Å². The summed E-state index contributed by atoms with van der Waals surface area (Å²) in [5.74, 6) is 0.992. The Labute approximate surface area is 172 Å². The van der Waals surface area contributed by atoms with Crippen LogP contribution in [0.1, 0.15) is 22.5 Å². The molecule has 0 amide bonds. The summed E-state index contributed by atoms with van der Waals surface area (Å²) in [6.45, 7) is 5.14. The molecule has 1 aliphatic heterocycles. The van der Waals surface area contributed by atoms with Gasteiger partial charge in [0, 0.05) is 37.3 Å². The Bertz CT molecular complexity index is 1110. The molecule has 0 spiro atoms. The van der Waals surface area contributed by atoms with Gasteiger partial charge in [0.1, 0.15) is 5.82 Å². The third-order valence-corrected chi connectivity index (χ3v) is 5.84. The van der Waals surface area contributed by atoms with E-state index < -0.39 is 0 Å². The highest BCUT2D eigenvalue weighted by molar-refractivity contribution is 5.75. The molecule has 1 aromatic heterocycles. The van der Waals surface area contributed by atoms with Gasteiger partial charge in [-0.25, -0.2) is 4.98 Å². The van der Waals surface area contributed by atoms with Gasteiger partial charge in [-0.3, -0.25) is 4.90 Å². The maximum absolute atomic E-state index is 5.01. The van der Waals surface area contributed by atoms with Crippen LogP contribution in [0.25, 0.3) is 22.5 Å². The first-order chi connectivity index (χ1) is 14.3. The average Bonchev–Trinajstić information content (AvgIpc) is 3.18. The Hall–Kier alpha value is -3.17. The van der Waals surface area contributed by atoms with Crippen LogP contribution in [0.2, 0.25) is 0 Å². The molecular formula is C26H25N3. The van der Waals surface area contributed by atoms with Crippen molar-refractivity contribution in [2.24, 2.45) is 0 Å². The second-order valence-corrected chi connectivity index (χ2v) is 7.80. The third kappa shape index (κ3) is 3.62. The molecule has 144 valence electrons. The number of benzene rings is 3. The van der Waals surface area contributed by atoms with Crippen molar-refractivity contribution in [3.8, 4) is 22.5 Å². The summed E-state index contributed by atoms with van der Waals surface area (Å²) in [5.41, 5.74) is 8.81. The van der Waals surface area contributed by atoms with Crippen molar-refractivity contribution in [2.45, 2.75) is 26.4 Å². The summed E-state index contributed by atoms with van der Waals surface area (Å²) in [4.78, 5) is 11.1. The Morgan fingerprint density at radius 2 is 1.59 bits per heavy atom. The fourth-order valence-electron chi connectivity index (χ4n) is 4.27. The number of nitrogens with zero attached hydrogens (tertiary/aromatic N) is 2. The molecule has 29 heavy (non-hydrogen) atoms. The number of nitrogens with one attached hydrogen (secondary N) is 1. The van der Waals surface area contributed by atoms with Crippen LogP contribution < -0.4 is 0 Å². The molecule has 0 fully saturated rings. The number of aromatic amines is 1. The summed E-state index contributed by atoms with van der Waals surface area (Å²) >= 11 is 0. The van der Waals surface area contributed by atoms with Crippen molar-refractivity contribution in [1.29, 1.82) is 0 Å². The number of H-pyrrole nitrogens is 1. The maximum Gasteiger partial charge on any atom is 0.138 e. The Morgan fingerprint density at radius 1 is 0.862 bits per heavy atom.